The molecule has 0 unspecified atom stereocenters. The van der Waals surface area contributed by atoms with Crippen molar-refractivity contribution >= 4 is 28.9 Å². The van der Waals surface area contributed by atoms with E-state index < -0.39 is 6.04 Å². The van der Waals surface area contributed by atoms with Crippen LogP contribution < -0.4 is 10.2 Å². The van der Waals surface area contributed by atoms with Crippen molar-refractivity contribution in [2.45, 2.75) is 33.7 Å². The molecule has 5 nitrogen and oxygen atoms in total. The van der Waals surface area contributed by atoms with Gasteiger partial charge in [-0.15, -0.1) is 0 Å². The van der Waals surface area contributed by atoms with Gasteiger partial charge >= 0.3 is 0 Å². The van der Waals surface area contributed by atoms with Crippen molar-refractivity contribution < 1.29 is 4.79 Å². The van der Waals surface area contributed by atoms with Crippen molar-refractivity contribution in [1.29, 1.82) is 0 Å². The largest absolute Gasteiger partial charge is 0.346 e. The first-order valence-electron chi connectivity index (χ1n) is 9.21. The van der Waals surface area contributed by atoms with Crippen molar-refractivity contribution in [2.75, 3.05) is 4.90 Å². The third-order valence-corrected chi connectivity index (χ3v) is 5.47. The molecule has 1 aromatic heterocycles. The highest BCUT2D eigenvalue weighted by Gasteiger charge is 2.40. The number of carbonyl (C=O) groups is 1. The zero-order chi connectivity index (χ0) is 20.0. The molecule has 1 fully saturated rings. The summed E-state index contributed by atoms with van der Waals surface area (Å²) in [5, 5.41) is 8.31. The van der Waals surface area contributed by atoms with Crippen LogP contribution in [-0.2, 0) is 4.79 Å². The van der Waals surface area contributed by atoms with Crippen LogP contribution in [0.3, 0.4) is 0 Å². The second kappa shape index (κ2) is 6.87. The lowest BCUT2D eigenvalue weighted by atomic mass is 10.0. The minimum Gasteiger partial charge on any atom is -0.346 e. The molecular weight excluding hydrogens is 368 g/mol. The molecule has 1 atom stereocenters. The summed E-state index contributed by atoms with van der Waals surface area (Å²) in [6.07, 6.45) is 0. The standard InChI is InChI=1S/C22H22N4OS/c1-13-10-11-18(14(2)12-13)25-21(27)20(23-22(25)28)19-15(3)24-26(16(19)4)17-8-6-5-7-9-17/h5-12,20H,1-4H3,(H,23,28)/t20-/m1/s1. The zero-order valence-corrected chi connectivity index (χ0v) is 17.2. The van der Waals surface area contributed by atoms with Gasteiger partial charge in [0.1, 0.15) is 6.04 Å². The van der Waals surface area contributed by atoms with E-state index in [0.29, 0.717) is 5.11 Å². The van der Waals surface area contributed by atoms with Gasteiger partial charge in [-0.3, -0.25) is 9.69 Å². The number of nitrogens with zero attached hydrogens (tertiary/aromatic N) is 3. The Morgan fingerprint density at radius 1 is 1.04 bits per heavy atom. The maximum atomic E-state index is 13.3. The van der Waals surface area contributed by atoms with Crippen LogP contribution in [-0.4, -0.2) is 20.8 Å². The number of aromatic nitrogens is 2. The Bertz CT molecular complexity index is 1090. The lowest BCUT2D eigenvalue weighted by molar-refractivity contribution is -0.118. The molecule has 0 spiro atoms. The van der Waals surface area contributed by atoms with E-state index in [9.17, 15) is 4.79 Å². The fraction of sp³-hybridized carbons (Fsp3) is 0.227. The molecule has 3 aromatic rings. The van der Waals surface area contributed by atoms with Gasteiger partial charge < -0.3 is 5.32 Å². The van der Waals surface area contributed by atoms with Crippen molar-refractivity contribution in [1.82, 2.24) is 15.1 Å². The van der Waals surface area contributed by atoms with Crippen LogP contribution in [0.25, 0.3) is 5.69 Å². The van der Waals surface area contributed by atoms with E-state index in [4.69, 9.17) is 12.2 Å². The molecule has 0 radical (unpaired) electrons. The number of rotatable bonds is 3. The van der Waals surface area contributed by atoms with E-state index in [-0.39, 0.29) is 5.91 Å². The first-order valence-corrected chi connectivity index (χ1v) is 9.62. The topological polar surface area (TPSA) is 50.2 Å². The quantitative estimate of drug-likeness (QED) is 0.685. The second-order valence-corrected chi connectivity index (χ2v) is 7.56. The smallest absolute Gasteiger partial charge is 0.260 e. The zero-order valence-electron chi connectivity index (χ0n) is 16.4. The van der Waals surface area contributed by atoms with Gasteiger partial charge in [-0.25, -0.2) is 4.68 Å². The van der Waals surface area contributed by atoms with E-state index in [1.54, 1.807) is 4.90 Å². The summed E-state index contributed by atoms with van der Waals surface area (Å²) in [5.41, 5.74) is 6.58. The lowest BCUT2D eigenvalue weighted by Crippen LogP contribution is -2.31. The highest BCUT2D eigenvalue weighted by Crippen LogP contribution is 2.33. The molecular formula is C22H22N4OS. The number of hydrogen-bond donors (Lipinski definition) is 1. The Hall–Kier alpha value is -2.99. The highest BCUT2D eigenvalue weighted by molar-refractivity contribution is 7.80. The fourth-order valence-electron chi connectivity index (χ4n) is 3.85. The summed E-state index contributed by atoms with van der Waals surface area (Å²) in [5.74, 6) is -0.0734. The van der Waals surface area contributed by atoms with Crippen LogP contribution in [0.15, 0.2) is 48.5 Å². The molecule has 28 heavy (non-hydrogen) atoms. The van der Waals surface area contributed by atoms with Crippen LogP contribution in [0, 0.1) is 27.7 Å². The van der Waals surface area contributed by atoms with Gasteiger partial charge in [0.25, 0.3) is 5.91 Å². The summed E-state index contributed by atoms with van der Waals surface area (Å²) in [6.45, 7) is 7.95. The number of thiocarbonyl (C=S) groups is 1. The number of hydrogen-bond acceptors (Lipinski definition) is 3. The van der Waals surface area contributed by atoms with Crippen molar-refractivity contribution in [3.05, 3.63) is 76.6 Å². The average Bonchev–Trinajstić information content (AvgIpc) is 3.11. The van der Waals surface area contributed by atoms with Crippen LogP contribution in [0.5, 0.6) is 0 Å². The van der Waals surface area contributed by atoms with Gasteiger partial charge in [-0.05, 0) is 63.7 Å². The molecule has 0 aliphatic carbocycles. The Morgan fingerprint density at radius 2 is 1.75 bits per heavy atom. The Kier molecular flexibility index (Phi) is 4.51. The number of benzene rings is 2. The van der Waals surface area contributed by atoms with Crippen LogP contribution in [0.1, 0.15) is 34.1 Å². The lowest BCUT2D eigenvalue weighted by Gasteiger charge is -2.18. The summed E-state index contributed by atoms with van der Waals surface area (Å²) in [7, 11) is 0. The van der Waals surface area contributed by atoms with Gasteiger partial charge in [-0.1, -0.05) is 35.9 Å². The Morgan fingerprint density at radius 3 is 2.43 bits per heavy atom. The Labute approximate surface area is 170 Å². The molecule has 6 heteroatoms. The molecule has 1 N–H and O–H groups in total. The summed E-state index contributed by atoms with van der Waals surface area (Å²) in [6, 6.07) is 15.4. The predicted molar refractivity (Wildman–Crippen MR) is 115 cm³/mol. The number of aryl methyl sites for hydroxylation is 3. The molecule has 2 heterocycles. The molecule has 142 valence electrons. The third kappa shape index (κ3) is 2.90. The summed E-state index contributed by atoms with van der Waals surface area (Å²) >= 11 is 5.52. The maximum Gasteiger partial charge on any atom is 0.260 e. The molecule has 1 aliphatic heterocycles. The highest BCUT2D eigenvalue weighted by atomic mass is 32.1. The number of para-hydroxylation sites is 1. The fourth-order valence-corrected chi connectivity index (χ4v) is 4.16. The monoisotopic (exact) mass is 390 g/mol. The van der Waals surface area contributed by atoms with E-state index in [2.05, 4.69) is 16.5 Å². The van der Waals surface area contributed by atoms with E-state index >= 15 is 0 Å². The molecule has 4 rings (SSSR count). The van der Waals surface area contributed by atoms with Crippen molar-refractivity contribution in [2.24, 2.45) is 0 Å². The number of amides is 1. The van der Waals surface area contributed by atoms with Crippen LogP contribution >= 0.6 is 12.2 Å². The minimum absolute atomic E-state index is 0.0734. The van der Waals surface area contributed by atoms with Gasteiger partial charge in [-0.2, -0.15) is 5.10 Å². The van der Waals surface area contributed by atoms with Gasteiger partial charge in [0.05, 0.1) is 17.1 Å². The van der Waals surface area contributed by atoms with Gasteiger partial charge in [0, 0.05) is 11.3 Å². The average molecular weight is 391 g/mol. The molecule has 1 saturated heterocycles. The molecule has 0 saturated carbocycles. The summed E-state index contributed by atoms with van der Waals surface area (Å²) < 4.78 is 1.88. The Balaban J connectivity index is 1.75. The summed E-state index contributed by atoms with van der Waals surface area (Å²) in [4.78, 5) is 14.9. The first-order chi connectivity index (χ1) is 13.4. The van der Waals surface area contributed by atoms with Gasteiger partial charge in [0.2, 0.25) is 0 Å². The minimum atomic E-state index is -0.536. The second-order valence-electron chi connectivity index (χ2n) is 7.18. The molecule has 1 aliphatic rings. The predicted octanol–water partition coefficient (Wildman–Crippen LogP) is 4.07. The molecule has 1 amide bonds. The SMILES string of the molecule is Cc1ccc(N2C(=O)[C@@H](c3c(C)nn(-c4ccccc4)c3C)NC2=S)c(C)c1. The van der Waals surface area contributed by atoms with Crippen LogP contribution in [0.4, 0.5) is 5.69 Å². The molecule has 2 aromatic carbocycles. The van der Waals surface area contributed by atoms with Crippen molar-refractivity contribution in [3.63, 3.8) is 0 Å². The number of nitrogens with one attached hydrogen (secondary N) is 1. The molecule has 0 bridgehead atoms. The van der Waals surface area contributed by atoms with Crippen molar-refractivity contribution in [3.8, 4) is 5.69 Å². The number of anilines is 1. The number of carbonyl (C=O) groups excluding carboxylic acids is 1. The van der Waals surface area contributed by atoms with E-state index in [1.165, 1.54) is 0 Å². The van der Waals surface area contributed by atoms with E-state index in [1.807, 2.05) is 74.8 Å². The normalized spacial score (nSPS) is 16.6. The maximum absolute atomic E-state index is 13.3. The third-order valence-electron chi connectivity index (χ3n) is 5.17. The van der Waals surface area contributed by atoms with Crippen LogP contribution in [0.2, 0.25) is 0 Å². The van der Waals surface area contributed by atoms with Gasteiger partial charge in [0.15, 0.2) is 5.11 Å². The first kappa shape index (κ1) is 18.4. The van der Waals surface area contributed by atoms with E-state index in [0.717, 1.165) is 39.5 Å².